The topological polar surface area (TPSA) is 98.5 Å². The molecule has 0 unspecified atom stereocenters. The van der Waals surface area contributed by atoms with Gasteiger partial charge in [-0.2, -0.15) is 0 Å². The number of ether oxygens (including phenoxy) is 1. The van der Waals surface area contributed by atoms with E-state index in [0.717, 1.165) is 25.9 Å². The minimum atomic E-state index is -0.546. The first-order valence-corrected chi connectivity index (χ1v) is 11.6. The molecule has 1 saturated heterocycles. The van der Waals surface area contributed by atoms with E-state index >= 15 is 0 Å². The maximum Gasteiger partial charge on any atom is 0.333 e. The van der Waals surface area contributed by atoms with Crippen LogP contribution in [0.3, 0.4) is 0 Å². The van der Waals surface area contributed by atoms with Crippen LogP contribution in [-0.4, -0.2) is 40.2 Å². The van der Waals surface area contributed by atoms with Gasteiger partial charge in [0.25, 0.3) is 5.56 Å². The molecule has 3 aromatic rings. The van der Waals surface area contributed by atoms with Gasteiger partial charge in [0.05, 0.1) is 12.8 Å². The van der Waals surface area contributed by atoms with Crippen LogP contribution in [0.15, 0.2) is 27.8 Å². The summed E-state index contributed by atoms with van der Waals surface area (Å²) in [5.41, 5.74) is -0.265. The van der Waals surface area contributed by atoms with Crippen LogP contribution in [0.1, 0.15) is 26.2 Å². The Balaban J connectivity index is 1.75. The smallest absolute Gasteiger partial charge is 0.333 e. The van der Waals surface area contributed by atoms with Gasteiger partial charge in [-0.3, -0.25) is 18.7 Å². The Hall–Kier alpha value is -2.85. The molecule has 32 heavy (non-hydrogen) atoms. The van der Waals surface area contributed by atoms with Crippen molar-refractivity contribution < 1.29 is 9.53 Å². The molecular formula is C21H24ClN5O4S. The summed E-state index contributed by atoms with van der Waals surface area (Å²) in [6, 6.07) is 4.87. The van der Waals surface area contributed by atoms with Crippen LogP contribution in [0.25, 0.3) is 10.3 Å². The Morgan fingerprint density at radius 2 is 2.00 bits per heavy atom. The SMILES string of the molecule is CCCn1c(=O)c2sc(N3CCCC3)nc2n(CC(=O)Nc2cc(Cl)ccc2OC)c1=O. The Morgan fingerprint density at radius 3 is 2.69 bits per heavy atom. The maximum atomic E-state index is 13.1. The van der Waals surface area contributed by atoms with Crippen molar-refractivity contribution in [1.82, 2.24) is 14.1 Å². The monoisotopic (exact) mass is 477 g/mol. The van der Waals surface area contributed by atoms with Crippen molar-refractivity contribution in [3.05, 3.63) is 44.1 Å². The molecule has 0 atom stereocenters. The Bertz CT molecular complexity index is 1280. The number of anilines is 2. The molecule has 4 rings (SSSR count). The van der Waals surface area contributed by atoms with E-state index in [4.69, 9.17) is 16.3 Å². The molecule has 170 valence electrons. The van der Waals surface area contributed by atoms with E-state index in [-0.39, 0.29) is 24.3 Å². The van der Waals surface area contributed by atoms with E-state index in [1.54, 1.807) is 18.2 Å². The molecule has 11 heteroatoms. The first kappa shape index (κ1) is 22.3. The number of carbonyl (C=O) groups is 1. The lowest BCUT2D eigenvalue weighted by molar-refractivity contribution is -0.116. The zero-order chi connectivity index (χ0) is 22.8. The van der Waals surface area contributed by atoms with Gasteiger partial charge >= 0.3 is 5.69 Å². The minimum absolute atomic E-state index is 0.243. The van der Waals surface area contributed by atoms with E-state index in [1.807, 2.05) is 6.92 Å². The summed E-state index contributed by atoms with van der Waals surface area (Å²) < 4.78 is 8.11. The molecule has 9 nitrogen and oxygen atoms in total. The lowest BCUT2D eigenvalue weighted by atomic mass is 10.3. The van der Waals surface area contributed by atoms with Crippen LogP contribution < -0.4 is 26.2 Å². The fourth-order valence-electron chi connectivity index (χ4n) is 3.79. The van der Waals surface area contributed by atoms with E-state index < -0.39 is 11.6 Å². The Morgan fingerprint density at radius 1 is 1.25 bits per heavy atom. The average Bonchev–Trinajstić information content (AvgIpc) is 3.44. The number of rotatable bonds is 7. The highest BCUT2D eigenvalue weighted by Gasteiger charge is 2.23. The highest BCUT2D eigenvalue weighted by Crippen LogP contribution is 2.29. The molecule has 0 aliphatic carbocycles. The fourth-order valence-corrected chi connectivity index (χ4v) is 5.03. The maximum absolute atomic E-state index is 13.1. The predicted octanol–water partition coefficient (Wildman–Crippen LogP) is 2.93. The third-order valence-electron chi connectivity index (χ3n) is 5.32. The molecule has 0 saturated carbocycles. The summed E-state index contributed by atoms with van der Waals surface area (Å²) in [6.45, 7) is 3.60. The second-order valence-corrected chi connectivity index (χ2v) is 8.98. The zero-order valence-corrected chi connectivity index (χ0v) is 19.5. The van der Waals surface area contributed by atoms with Gasteiger partial charge in [-0.25, -0.2) is 9.78 Å². The summed E-state index contributed by atoms with van der Waals surface area (Å²) in [5, 5.41) is 3.88. The van der Waals surface area contributed by atoms with Crippen molar-refractivity contribution in [3.63, 3.8) is 0 Å². The van der Waals surface area contributed by atoms with Crippen LogP contribution in [0.4, 0.5) is 10.8 Å². The number of nitrogens with zero attached hydrogens (tertiary/aromatic N) is 4. The van der Waals surface area contributed by atoms with Gasteiger partial charge < -0.3 is 15.0 Å². The average molecular weight is 478 g/mol. The van der Waals surface area contributed by atoms with E-state index in [2.05, 4.69) is 15.2 Å². The first-order valence-electron chi connectivity index (χ1n) is 10.5. The molecule has 1 aliphatic rings. The molecular weight excluding hydrogens is 454 g/mol. The third-order valence-corrected chi connectivity index (χ3v) is 6.64. The van der Waals surface area contributed by atoms with Crippen LogP contribution in [0.5, 0.6) is 5.75 Å². The molecule has 1 aromatic carbocycles. The van der Waals surface area contributed by atoms with Crippen LogP contribution in [0, 0.1) is 0 Å². The summed E-state index contributed by atoms with van der Waals surface area (Å²) in [5.74, 6) is -0.00689. The number of aromatic nitrogens is 3. The lowest BCUT2D eigenvalue weighted by Gasteiger charge is -2.13. The Labute approximate surface area is 193 Å². The first-order chi connectivity index (χ1) is 15.4. The second kappa shape index (κ2) is 9.33. The van der Waals surface area contributed by atoms with E-state index in [1.165, 1.54) is 27.6 Å². The molecule has 0 radical (unpaired) electrons. The molecule has 0 bridgehead atoms. The third kappa shape index (κ3) is 4.24. The van der Waals surface area contributed by atoms with Gasteiger partial charge in [-0.05, 0) is 37.5 Å². The number of carbonyl (C=O) groups excluding carboxylic acids is 1. The standard InChI is InChI=1S/C21H24ClN5O4S/c1-3-8-26-19(29)17-18(24-20(32-17)25-9-4-5-10-25)27(21(26)30)12-16(28)23-14-11-13(22)6-7-15(14)31-2/h6-7,11H,3-5,8-10,12H2,1-2H3,(H,23,28). The quantitative estimate of drug-likeness (QED) is 0.561. The number of hydrogen-bond donors (Lipinski definition) is 1. The van der Waals surface area contributed by atoms with E-state index in [9.17, 15) is 14.4 Å². The molecule has 1 amide bonds. The molecule has 1 fully saturated rings. The molecule has 1 N–H and O–H groups in total. The number of fused-ring (bicyclic) bond motifs is 1. The lowest BCUT2D eigenvalue weighted by Crippen LogP contribution is -2.41. The van der Waals surface area contributed by atoms with Gasteiger partial charge in [0.2, 0.25) is 5.91 Å². The number of benzene rings is 1. The van der Waals surface area contributed by atoms with Gasteiger partial charge in [-0.1, -0.05) is 29.9 Å². The van der Waals surface area contributed by atoms with Crippen LogP contribution >= 0.6 is 22.9 Å². The Kier molecular flexibility index (Phi) is 6.52. The molecule has 3 heterocycles. The van der Waals surface area contributed by atoms with Crippen LogP contribution in [-0.2, 0) is 17.9 Å². The number of nitrogens with one attached hydrogen (secondary N) is 1. The van der Waals surface area contributed by atoms with Gasteiger partial charge in [0.1, 0.15) is 17.0 Å². The second-order valence-electron chi connectivity index (χ2n) is 7.56. The number of thiazole rings is 1. The minimum Gasteiger partial charge on any atom is -0.495 e. The van der Waals surface area contributed by atoms with Gasteiger partial charge in [0.15, 0.2) is 10.8 Å². The highest BCUT2D eigenvalue weighted by molar-refractivity contribution is 7.22. The highest BCUT2D eigenvalue weighted by atomic mass is 35.5. The van der Waals surface area contributed by atoms with Gasteiger partial charge in [-0.15, -0.1) is 0 Å². The molecule has 1 aliphatic heterocycles. The largest absolute Gasteiger partial charge is 0.495 e. The normalized spacial score (nSPS) is 13.7. The van der Waals surface area contributed by atoms with Crippen molar-refractivity contribution >= 4 is 50.0 Å². The van der Waals surface area contributed by atoms with E-state index in [0.29, 0.717) is 32.7 Å². The van der Waals surface area contributed by atoms with Crippen molar-refractivity contribution in [3.8, 4) is 5.75 Å². The molecule has 0 spiro atoms. The van der Waals surface area contributed by atoms with Crippen molar-refractivity contribution in [2.24, 2.45) is 0 Å². The number of hydrogen-bond acceptors (Lipinski definition) is 7. The van der Waals surface area contributed by atoms with Crippen molar-refractivity contribution in [2.45, 2.75) is 39.3 Å². The zero-order valence-electron chi connectivity index (χ0n) is 17.9. The van der Waals surface area contributed by atoms with Crippen molar-refractivity contribution in [2.75, 3.05) is 30.4 Å². The van der Waals surface area contributed by atoms with Crippen molar-refractivity contribution in [1.29, 1.82) is 0 Å². The number of amides is 1. The molecule has 2 aromatic heterocycles. The predicted molar refractivity (Wildman–Crippen MR) is 127 cm³/mol. The number of methoxy groups -OCH3 is 1. The summed E-state index contributed by atoms with van der Waals surface area (Å²) in [6.07, 6.45) is 2.74. The summed E-state index contributed by atoms with van der Waals surface area (Å²) in [4.78, 5) is 45.7. The van der Waals surface area contributed by atoms with Gasteiger partial charge in [0, 0.05) is 24.7 Å². The summed E-state index contributed by atoms with van der Waals surface area (Å²) >= 11 is 7.32. The number of halogens is 1. The summed E-state index contributed by atoms with van der Waals surface area (Å²) in [7, 11) is 1.49. The van der Waals surface area contributed by atoms with Crippen LogP contribution in [0.2, 0.25) is 5.02 Å². The fraction of sp³-hybridized carbons (Fsp3) is 0.429.